The Bertz CT molecular complexity index is 1540. The molecule has 3 heterocycles. The van der Waals surface area contributed by atoms with Crippen LogP contribution in [0.25, 0.3) is 22.8 Å². The van der Waals surface area contributed by atoms with Gasteiger partial charge in [-0.25, -0.2) is 0 Å². The van der Waals surface area contributed by atoms with Gasteiger partial charge >= 0.3 is 33.4 Å². The van der Waals surface area contributed by atoms with Gasteiger partial charge in [0.15, 0.2) is 0 Å². The maximum atomic E-state index is 14.5. The van der Waals surface area contributed by atoms with E-state index in [1.54, 1.807) is 13.8 Å². The van der Waals surface area contributed by atoms with Gasteiger partial charge in [-0.1, -0.05) is 11.6 Å². The van der Waals surface area contributed by atoms with E-state index < -0.39 is 52.3 Å². The van der Waals surface area contributed by atoms with Gasteiger partial charge in [-0.05, 0) is 31.4 Å². The number of hydrogen-bond donors (Lipinski definition) is 0. The van der Waals surface area contributed by atoms with E-state index in [0.29, 0.717) is 6.07 Å². The molecule has 0 amide bonds. The van der Waals surface area contributed by atoms with Crippen molar-refractivity contribution in [3.8, 4) is 34.3 Å². The van der Waals surface area contributed by atoms with Crippen LogP contribution in [-0.4, -0.2) is 29.2 Å². The minimum Gasteiger partial charge on any atom is -0.497 e. The molecule has 0 aliphatic carbocycles. The number of halogens is 8. The van der Waals surface area contributed by atoms with E-state index >= 15 is 0 Å². The van der Waals surface area contributed by atoms with Gasteiger partial charge < -0.3 is 19.4 Å². The summed E-state index contributed by atoms with van der Waals surface area (Å²) in [4.78, 5) is 14.9. The second kappa shape index (κ2) is 11.4. The SMILES string of the molecule is COc1cc(-c2nc(C(F)(F)F)c(C(F)(F)F)[n-]2)nc(C(C)(C)c2cc(OC)cc(-c3[c-]cc(F)cc3F)n2)c1.[Pt+2]. The number of methoxy groups -OCH3 is 2. The number of benzene rings is 1. The van der Waals surface area contributed by atoms with E-state index in [1.807, 2.05) is 0 Å². The molecule has 41 heavy (non-hydrogen) atoms. The van der Waals surface area contributed by atoms with E-state index in [-0.39, 0.29) is 55.2 Å². The molecule has 0 spiro atoms. The largest absolute Gasteiger partial charge is 2.00 e. The maximum absolute atomic E-state index is 14.5. The monoisotopic (exact) mass is 765 g/mol. The molecule has 0 aliphatic rings. The van der Waals surface area contributed by atoms with Crippen molar-refractivity contribution in [2.24, 2.45) is 0 Å². The van der Waals surface area contributed by atoms with Crippen molar-refractivity contribution in [3.05, 3.63) is 76.9 Å². The third-order valence-electron chi connectivity index (χ3n) is 5.89. The van der Waals surface area contributed by atoms with Gasteiger partial charge in [-0.2, -0.15) is 26.3 Å². The van der Waals surface area contributed by atoms with Crippen molar-refractivity contribution in [3.63, 3.8) is 0 Å². The summed E-state index contributed by atoms with van der Waals surface area (Å²) >= 11 is 0. The fourth-order valence-electron chi connectivity index (χ4n) is 3.75. The van der Waals surface area contributed by atoms with Crippen LogP contribution < -0.4 is 14.5 Å². The first-order valence-corrected chi connectivity index (χ1v) is 11.2. The molecule has 0 radical (unpaired) electrons. The van der Waals surface area contributed by atoms with E-state index in [0.717, 1.165) is 12.1 Å². The van der Waals surface area contributed by atoms with Crippen LogP contribution in [0, 0.1) is 17.7 Å². The normalized spacial score (nSPS) is 12.2. The van der Waals surface area contributed by atoms with Crippen LogP contribution in [0.15, 0.2) is 36.4 Å². The summed E-state index contributed by atoms with van der Waals surface area (Å²) in [7, 11) is 2.57. The predicted molar refractivity (Wildman–Crippen MR) is 124 cm³/mol. The van der Waals surface area contributed by atoms with E-state index in [1.165, 1.54) is 32.4 Å². The fraction of sp³-hybridized carbons (Fsp3) is 0.269. The minimum absolute atomic E-state index is 0. The molecule has 220 valence electrons. The Morgan fingerprint density at radius 2 is 1.29 bits per heavy atom. The molecule has 0 aliphatic heterocycles. The molecule has 0 saturated carbocycles. The Balaban J connectivity index is 0.00000462. The van der Waals surface area contributed by atoms with Gasteiger partial charge in [-0.3, -0.25) is 18.7 Å². The summed E-state index contributed by atoms with van der Waals surface area (Å²) < 4.78 is 118. The average molecular weight is 766 g/mol. The number of pyridine rings is 2. The Kier molecular flexibility index (Phi) is 8.88. The number of hydrogen-bond acceptors (Lipinski definition) is 5. The molecule has 6 nitrogen and oxygen atoms in total. The maximum Gasteiger partial charge on any atom is 2.00 e. The third kappa shape index (κ3) is 6.52. The molecule has 0 N–H and O–H groups in total. The standard InChI is InChI=1S/C26H18F8N4O2.Pt/c1-24(2,19-10-13(39-3)8-17(35-19)15-6-5-12(27)7-16(15)28)20-11-14(40-4)9-18(36-20)23-37-21(25(29,30)31)22(38-23)26(32,33)34;/h5,7-11H,1-4H3;/q-2;+2. The van der Waals surface area contributed by atoms with E-state index in [4.69, 9.17) is 9.47 Å². The van der Waals surface area contributed by atoms with Crippen LogP contribution in [0.1, 0.15) is 36.6 Å². The van der Waals surface area contributed by atoms with Gasteiger partial charge in [-0.15, -0.1) is 12.1 Å². The molecular weight excluding hydrogens is 747 g/mol. The molecule has 0 unspecified atom stereocenters. The van der Waals surface area contributed by atoms with Crippen LogP contribution in [0.5, 0.6) is 11.5 Å². The molecule has 0 saturated heterocycles. The van der Waals surface area contributed by atoms with Crippen molar-refractivity contribution in [1.82, 2.24) is 19.9 Å². The van der Waals surface area contributed by atoms with Crippen LogP contribution >= 0.6 is 0 Å². The quantitative estimate of drug-likeness (QED) is 0.163. The second-order valence-corrected chi connectivity index (χ2v) is 8.96. The van der Waals surface area contributed by atoms with Crippen molar-refractivity contribution >= 4 is 0 Å². The molecule has 4 rings (SSSR count). The van der Waals surface area contributed by atoms with Gasteiger partial charge in [0.25, 0.3) is 0 Å². The first-order chi connectivity index (χ1) is 18.5. The molecule has 1 aromatic carbocycles. The zero-order valence-corrected chi connectivity index (χ0v) is 23.7. The average Bonchev–Trinajstić information content (AvgIpc) is 3.35. The topological polar surface area (TPSA) is 71.2 Å². The predicted octanol–water partition coefficient (Wildman–Crippen LogP) is 6.62. The van der Waals surface area contributed by atoms with Gasteiger partial charge in [0.05, 0.1) is 25.6 Å². The van der Waals surface area contributed by atoms with Crippen LogP contribution in [0.2, 0.25) is 0 Å². The number of rotatable bonds is 6. The van der Waals surface area contributed by atoms with Crippen LogP contribution in [0.3, 0.4) is 0 Å². The molecule has 0 fully saturated rings. The Hall–Kier alpha value is -3.54. The summed E-state index contributed by atoms with van der Waals surface area (Å²) in [5, 5.41) is 0. The van der Waals surface area contributed by atoms with Crippen LogP contribution in [-0.2, 0) is 38.8 Å². The van der Waals surface area contributed by atoms with Crippen molar-refractivity contribution in [2.75, 3.05) is 14.2 Å². The number of alkyl halides is 6. The molecule has 0 bridgehead atoms. The summed E-state index contributed by atoms with van der Waals surface area (Å²) in [5.74, 6) is -2.47. The first kappa shape index (κ1) is 32.0. The zero-order valence-electron chi connectivity index (χ0n) is 21.4. The number of aromatic nitrogens is 4. The van der Waals surface area contributed by atoms with Crippen molar-refractivity contribution < 1.29 is 65.7 Å². The molecule has 15 heteroatoms. The van der Waals surface area contributed by atoms with E-state index in [9.17, 15) is 35.1 Å². The van der Waals surface area contributed by atoms with Crippen LogP contribution in [0.4, 0.5) is 35.1 Å². The summed E-state index contributed by atoms with van der Waals surface area (Å²) in [6, 6.07) is 9.38. The summed E-state index contributed by atoms with van der Waals surface area (Å²) in [6.07, 6.45) is -10.9. The Morgan fingerprint density at radius 3 is 1.76 bits per heavy atom. The molecular formula is C26H18F8N4O2Pt. The molecule has 3 aromatic heterocycles. The summed E-state index contributed by atoms with van der Waals surface area (Å²) in [5.41, 5.74) is -5.90. The first-order valence-electron chi connectivity index (χ1n) is 11.2. The second-order valence-electron chi connectivity index (χ2n) is 8.96. The number of nitrogens with zero attached hydrogens (tertiary/aromatic N) is 4. The van der Waals surface area contributed by atoms with E-state index in [2.05, 4.69) is 26.0 Å². The Morgan fingerprint density at radius 1 is 0.756 bits per heavy atom. The van der Waals surface area contributed by atoms with Gasteiger partial charge in [0.2, 0.25) is 0 Å². The van der Waals surface area contributed by atoms with Crippen molar-refractivity contribution in [1.29, 1.82) is 0 Å². The third-order valence-corrected chi connectivity index (χ3v) is 5.89. The minimum atomic E-state index is -5.43. The fourth-order valence-corrected chi connectivity index (χ4v) is 3.75. The molecule has 4 aromatic rings. The van der Waals surface area contributed by atoms with Gasteiger partial charge in [0, 0.05) is 52.3 Å². The number of ether oxygens (including phenoxy) is 2. The molecule has 0 atom stereocenters. The van der Waals surface area contributed by atoms with Gasteiger partial charge in [0.1, 0.15) is 11.5 Å². The van der Waals surface area contributed by atoms with Crippen molar-refractivity contribution in [2.45, 2.75) is 31.6 Å². The zero-order chi connectivity index (χ0) is 29.6. The summed E-state index contributed by atoms with van der Waals surface area (Å²) in [6.45, 7) is 3.20. The smallest absolute Gasteiger partial charge is 0.497 e. The number of imidazole rings is 1. The Labute approximate surface area is 242 Å².